The van der Waals surface area contributed by atoms with Crippen LogP contribution in [0.25, 0.3) is 0 Å². The van der Waals surface area contributed by atoms with Crippen molar-refractivity contribution < 1.29 is 14.3 Å². The van der Waals surface area contributed by atoms with Crippen LogP contribution in [0.5, 0.6) is 0 Å². The van der Waals surface area contributed by atoms with Gasteiger partial charge in [-0.15, -0.1) is 0 Å². The van der Waals surface area contributed by atoms with Crippen LogP contribution in [0, 0.1) is 23.2 Å². The summed E-state index contributed by atoms with van der Waals surface area (Å²) in [7, 11) is 0. The number of carbonyl (C=O) groups is 2. The van der Waals surface area contributed by atoms with E-state index in [1.54, 1.807) is 0 Å². The van der Waals surface area contributed by atoms with Crippen molar-refractivity contribution in [2.45, 2.75) is 52.1 Å². The molecule has 0 N–H and O–H groups in total. The van der Waals surface area contributed by atoms with E-state index in [4.69, 9.17) is 4.74 Å². The van der Waals surface area contributed by atoms with Gasteiger partial charge in [-0.25, -0.2) is 0 Å². The molecule has 0 amide bonds. The molecule has 2 aliphatic carbocycles. The van der Waals surface area contributed by atoms with Crippen molar-refractivity contribution in [2.75, 3.05) is 0 Å². The van der Waals surface area contributed by atoms with Crippen LogP contribution in [-0.2, 0) is 14.3 Å². The zero-order chi connectivity index (χ0) is 12.2. The largest absolute Gasteiger partial charge is 0.462 e. The van der Waals surface area contributed by atoms with Gasteiger partial charge in [0.1, 0.15) is 11.9 Å². The van der Waals surface area contributed by atoms with Crippen molar-refractivity contribution >= 4 is 11.8 Å². The molecule has 0 aromatic carbocycles. The molecule has 3 fully saturated rings. The second-order valence-corrected chi connectivity index (χ2v) is 6.40. The van der Waals surface area contributed by atoms with Gasteiger partial charge in [0.05, 0.1) is 6.42 Å². The molecule has 1 heterocycles. The van der Waals surface area contributed by atoms with E-state index in [-0.39, 0.29) is 23.4 Å². The zero-order valence-electron chi connectivity index (χ0n) is 10.6. The minimum absolute atomic E-state index is 0.0697. The lowest BCUT2D eigenvalue weighted by Gasteiger charge is -2.32. The van der Waals surface area contributed by atoms with Gasteiger partial charge < -0.3 is 4.74 Å². The lowest BCUT2D eigenvalue weighted by molar-refractivity contribution is -0.142. The number of fused-ring (bicyclic) bond motifs is 2. The summed E-state index contributed by atoms with van der Waals surface area (Å²) in [5, 5.41) is 0. The molecule has 2 saturated carbocycles. The minimum atomic E-state index is -0.188. The first-order valence-corrected chi connectivity index (χ1v) is 6.73. The number of rotatable bonds is 0. The third-order valence-corrected chi connectivity index (χ3v) is 5.35. The van der Waals surface area contributed by atoms with Crippen molar-refractivity contribution in [1.29, 1.82) is 0 Å². The molecule has 0 aromatic heterocycles. The van der Waals surface area contributed by atoms with Gasteiger partial charge in [-0.1, -0.05) is 13.8 Å². The SMILES string of the molecule is C[C@@H]1C[C@@H]2OC(=O)C[C@H]2C[C@]2(C)C(=O)CC[C@@H]12. The van der Waals surface area contributed by atoms with E-state index >= 15 is 0 Å². The number of ether oxygens (including phenoxy) is 1. The van der Waals surface area contributed by atoms with Gasteiger partial charge in [-0.05, 0) is 31.1 Å². The Morgan fingerprint density at radius 2 is 2.12 bits per heavy atom. The second-order valence-electron chi connectivity index (χ2n) is 6.40. The van der Waals surface area contributed by atoms with E-state index in [0.717, 1.165) is 25.7 Å². The van der Waals surface area contributed by atoms with Crippen LogP contribution < -0.4 is 0 Å². The Hall–Kier alpha value is -0.860. The number of hydrogen-bond donors (Lipinski definition) is 0. The quantitative estimate of drug-likeness (QED) is 0.606. The summed E-state index contributed by atoms with van der Waals surface area (Å²) in [6.07, 6.45) is 4.17. The molecule has 0 radical (unpaired) electrons. The summed E-state index contributed by atoms with van der Waals surface area (Å²) in [6.45, 7) is 4.34. The molecule has 3 rings (SSSR count). The van der Waals surface area contributed by atoms with Gasteiger partial charge in [0.15, 0.2) is 0 Å². The maximum atomic E-state index is 12.2. The lowest BCUT2D eigenvalue weighted by atomic mass is 9.70. The fourth-order valence-corrected chi connectivity index (χ4v) is 4.45. The highest BCUT2D eigenvalue weighted by Gasteiger charge is 2.54. The number of Topliss-reactive ketones (excluding diaryl/α,β-unsaturated/α-hetero) is 1. The first kappa shape index (κ1) is 11.2. The Kier molecular flexibility index (Phi) is 2.36. The first-order valence-electron chi connectivity index (χ1n) is 6.73. The Labute approximate surface area is 102 Å². The molecule has 3 aliphatic rings. The second kappa shape index (κ2) is 3.56. The third kappa shape index (κ3) is 1.54. The van der Waals surface area contributed by atoms with E-state index in [9.17, 15) is 9.59 Å². The molecule has 0 aromatic rings. The smallest absolute Gasteiger partial charge is 0.306 e. The molecule has 0 unspecified atom stereocenters. The van der Waals surface area contributed by atoms with Crippen LogP contribution >= 0.6 is 0 Å². The number of ketones is 1. The summed E-state index contributed by atoms with van der Waals surface area (Å²) < 4.78 is 5.41. The fraction of sp³-hybridized carbons (Fsp3) is 0.857. The summed E-state index contributed by atoms with van der Waals surface area (Å²) >= 11 is 0. The van der Waals surface area contributed by atoms with Gasteiger partial charge in [0.25, 0.3) is 0 Å². The Balaban J connectivity index is 1.93. The Morgan fingerprint density at radius 1 is 1.35 bits per heavy atom. The molecular formula is C14H20O3. The topological polar surface area (TPSA) is 43.4 Å². The van der Waals surface area contributed by atoms with Crippen molar-refractivity contribution in [3.8, 4) is 0 Å². The van der Waals surface area contributed by atoms with Gasteiger partial charge in [0.2, 0.25) is 0 Å². The predicted octanol–water partition coefficient (Wildman–Crippen LogP) is 2.33. The highest BCUT2D eigenvalue weighted by Crippen LogP contribution is 2.54. The monoisotopic (exact) mass is 236 g/mol. The first-order chi connectivity index (χ1) is 8.00. The summed E-state index contributed by atoms with van der Waals surface area (Å²) in [4.78, 5) is 23.6. The van der Waals surface area contributed by atoms with Crippen LogP contribution in [0.1, 0.15) is 46.0 Å². The van der Waals surface area contributed by atoms with E-state index in [1.165, 1.54) is 0 Å². The van der Waals surface area contributed by atoms with E-state index in [1.807, 2.05) is 0 Å². The highest BCUT2D eigenvalue weighted by atomic mass is 16.5. The molecule has 0 bridgehead atoms. The molecule has 3 nitrogen and oxygen atoms in total. The molecule has 3 heteroatoms. The number of hydrogen-bond acceptors (Lipinski definition) is 3. The number of carbonyl (C=O) groups excluding carboxylic acids is 2. The molecular weight excluding hydrogens is 216 g/mol. The molecule has 1 saturated heterocycles. The van der Waals surface area contributed by atoms with Crippen LogP contribution in [0.3, 0.4) is 0 Å². The maximum absolute atomic E-state index is 12.2. The van der Waals surface area contributed by atoms with Gasteiger partial charge in [0, 0.05) is 17.8 Å². The Bertz CT molecular complexity index is 376. The molecule has 5 atom stereocenters. The normalized spacial score (nSPS) is 49.5. The predicted molar refractivity (Wildman–Crippen MR) is 62.2 cm³/mol. The minimum Gasteiger partial charge on any atom is -0.462 e. The van der Waals surface area contributed by atoms with Crippen molar-refractivity contribution in [2.24, 2.45) is 23.2 Å². The van der Waals surface area contributed by atoms with E-state index in [2.05, 4.69) is 13.8 Å². The van der Waals surface area contributed by atoms with Crippen molar-refractivity contribution in [3.05, 3.63) is 0 Å². The fourth-order valence-electron chi connectivity index (χ4n) is 4.45. The summed E-state index contributed by atoms with van der Waals surface area (Å²) in [5.41, 5.74) is -0.188. The lowest BCUT2D eigenvalue weighted by Crippen LogP contribution is -2.32. The summed E-state index contributed by atoms with van der Waals surface area (Å²) in [5.74, 6) is 1.61. The van der Waals surface area contributed by atoms with Crippen molar-refractivity contribution in [1.82, 2.24) is 0 Å². The van der Waals surface area contributed by atoms with Gasteiger partial charge in [-0.2, -0.15) is 0 Å². The van der Waals surface area contributed by atoms with Crippen LogP contribution in [0.15, 0.2) is 0 Å². The zero-order valence-corrected chi connectivity index (χ0v) is 10.6. The van der Waals surface area contributed by atoms with E-state index in [0.29, 0.717) is 24.0 Å². The molecule has 94 valence electrons. The van der Waals surface area contributed by atoms with Gasteiger partial charge in [-0.3, -0.25) is 9.59 Å². The average molecular weight is 236 g/mol. The highest BCUT2D eigenvalue weighted by molar-refractivity contribution is 5.87. The maximum Gasteiger partial charge on any atom is 0.306 e. The Morgan fingerprint density at radius 3 is 2.88 bits per heavy atom. The standard InChI is InChI=1S/C14H20O3/c1-8-5-11-9(6-13(16)17-11)7-14(2)10(8)3-4-12(14)15/h8-11H,3-7H2,1-2H3/t8-,9+,10+,11+,14+/m1/s1. The molecule has 17 heavy (non-hydrogen) atoms. The van der Waals surface area contributed by atoms with Crippen LogP contribution in [-0.4, -0.2) is 17.9 Å². The van der Waals surface area contributed by atoms with E-state index < -0.39 is 0 Å². The van der Waals surface area contributed by atoms with Gasteiger partial charge >= 0.3 is 5.97 Å². The molecule has 0 spiro atoms. The van der Waals surface area contributed by atoms with Crippen LogP contribution in [0.2, 0.25) is 0 Å². The van der Waals surface area contributed by atoms with Crippen LogP contribution in [0.4, 0.5) is 0 Å². The third-order valence-electron chi connectivity index (χ3n) is 5.35. The summed E-state index contributed by atoms with van der Waals surface area (Å²) in [6, 6.07) is 0. The van der Waals surface area contributed by atoms with Crippen molar-refractivity contribution in [3.63, 3.8) is 0 Å². The number of esters is 1. The molecule has 1 aliphatic heterocycles. The average Bonchev–Trinajstić information content (AvgIpc) is 2.68.